The molecule has 3 nitrogen and oxygen atoms in total. The lowest BCUT2D eigenvalue weighted by atomic mass is 10.1. The Hall–Kier alpha value is -1.83. The van der Waals surface area contributed by atoms with Crippen LogP contribution in [0.25, 0.3) is 0 Å². The van der Waals surface area contributed by atoms with E-state index in [0.717, 1.165) is 5.56 Å². The third kappa shape index (κ3) is 3.10. The van der Waals surface area contributed by atoms with Gasteiger partial charge in [-0.3, -0.25) is 4.68 Å². The fourth-order valence-corrected chi connectivity index (χ4v) is 1.67. The molecule has 92 valence electrons. The molecular weight excluding hydrogens is 255 g/mol. The molecule has 1 aromatic carbocycles. The van der Waals surface area contributed by atoms with Gasteiger partial charge >= 0.3 is 0 Å². The molecule has 0 aliphatic carbocycles. The Morgan fingerprint density at radius 1 is 1.44 bits per heavy atom. The molecule has 0 amide bonds. The highest BCUT2D eigenvalue weighted by Gasteiger charge is 2.03. The summed E-state index contributed by atoms with van der Waals surface area (Å²) in [5.74, 6) is 4.58. The second-order valence-corrected chi connectivity index (χ2v) is 4.07. The van der Waals surface area contributed by atoms with Crippen LogP contribution in [0, 0.1) is 17.7 Å². The Morgan fingerprint density at radius 3 is 2.94 bits per heavy atom. The van der Waals surface area contributed by atoms with Crippen molar-refractivity contribution in [2.45, 2.75) is 6.54 Å². The van der Waals surface area contributed by atoms with E-state index in [2.05, 4.69) is 16.9 Å². The van der Waals surface area contributed by atoms with Crippen LogP contribution in [0.1, 0.15) is 11.1 Å². The molecule has 1 N–H and O–H groups in total. The highest BCUT2D eigenvalue weighted by Crippen LogP contribution is 2.12. The Bertz CT molecular complexity index is 613. The average molecular weight is 265 g/mol. The molecule has 2 rings (SSSR count). The van der Waals surface area contributed by atoms with Crippen LogP contribution >= 0.6 is 11.6 Å². The third-order valence-corrected chi connectivity index (χ3v) is 2.47. The summed E-state index contributed by atoms with van der Waals surface area (Å²) < 4.78 is 15.1. The third-order valence-electron chi connectivity index (χ3n) is 2.28. The predicted octanol–water partition coefficient (Wildman–Crippen LogP) is 2.07. The molecule has 2 aromatic rings. The van der Waals surface area contributed by atoms with Gasteiger partial charge < -0.3 is 5.11 Å². The number of hydrogen-bond acceptors (Lipinski definition) is 2. The SMILES string of the molecule is OCC#Cc1cc(Cn2cc(Cl)cn2)ccc1F. The fraction of sp³-hybridized carbons (Fsp3) is 0.154. The first-order valence-corrected chi connectivity index (χ1v) is 5.63. The molecule has 18 heavy (non-hydrogen) atoms. The number of hydrogen-bond donors (Lipinski definition) is 1. The molecule has 0 fully saturated rings. The molecule has 0 saturated heterocycles. The van der Waals surface area contributed by atoms with Crippen LogP contribution in [0.4, 0.5) is 4.39 Å². The quantitative estimate of drug-likeness (QED) is 0.844. The van der Waals surface area contributed by atoms with Gasteiger partial charge in [0, 0.05) is 6.20 Å². The second kappa shape index (κ2) is 5.67. The molecule has 0 aliphatic rings. The largest absolute Gasteiger partial charge is 0.384 e. The number of benzene rings is 1. The smallest absolute Gasteiger partial charge is 0.138 e. The molecule has 5 heteroatoms. The van der Waals surface area contributed by atoms with Crippen molar-refractivity contribution in [3.05, 3.63) is 52.6 Å². The van der Waals surface area contributed by atoms with Crippen molar-refractivity contribution in [3.63, 3.8) is 0 Å². The van der Waals surface area contributed by atoms with Crippen LogP contribution in [0.2, 0.25) is 5.02 Å². The minimum Gasteiger partial charge on any atom is -0.384 e. The van der Waals surface area contributed by atoms with Crippen molar-refractivity contribution >= 4 is 11.6 Å². The minimum atomic E-state index is -0.404. The molecule has 0 radical (unpaired) electrons. The number of halogens is 2. The van der Waals surface area contributed by atoms with Gasteiger partial charge in [-0.1, -0.05) is 29.5 Å². The number of aromatic nitrogens is 2. The van der Waals surface area contributed by atoms with Gasteiger partial charge in [-0.25, -0.2) is 4.39 Å². The summed E-state index contributed by atoms with van der Waals surface area (Å²) in [7, 11) is 0. The predicted molar refractivity (Wildman–Crippen MR) is 66.7 cm³/mol. The lowest BCUT2D eigenvalue weighted by molar-refractivity contribution is 0.350. The summed E-state index contributed by atoms with van der Waals surface area (Å²) in [5, 5.41) is 13.2. The van der Waals surface area contributed by atoms with Crippen molar-refractivity contribution in [2.75, 3.05) is 6.61 Å². The summed E-state index contributed by atoms with van der Waals surface area (Å²) in [6.45, 7) is 0.194. The van der Waals surface area contributed by atoms with Gasteiger partial charge in [0.05, 0.1) is 23.3 Å². The number of aliphatic hydroxyl groups excluding tert-OH is 1. The lowest BCUT2D eigenvalue weighted by Crippen LogP contribution is -2.00. The Kier molecular flexibility index (Phi) is 3.98. The lowest BCUT2D eigenvalue weighted by Gasteiger charge is -2.03. The van der Waals surface area contributed by atoms with E-state index in [1.54, 1.807) is 23.0 Å². The zero-order chi connectivity index (χ0) is 13.0. The van der Waals surface area contributed by atoms with Crippen molar-refractivity contribution in [1.82, 2.24) is 9.78 Å². The maximum absolute atomic E-state index is 13.4. The molecule has 0 saturated carbocycles. The van der Waals surface area contributed by atoms with E-state index in [1.807, 2.05) is 0 Å². The van der Waals surface area contributed by atoms with E-state index in [9.17, 15) is 4.39 Å². The van der Waals surface area contributed by atoms with E-state index < -0.39 is 5.82 Å². The molecule has 0 atom stereocenters. The van der Waals surface area contributed by atoms with Gasteiger partial charge in [0.25, 0.3) is 0 Å². The van der Waals surface area contributed by atoms with E-state index >= 15 is 0 Å². The number of nitrogens with zero attached hydrogens (tertiary/aromatic N) is 2. The average Bonchev–Trinajstić information content (AvgIpc) is 2.75. The Morgan fingerprint density at radius 2 is 2.28 bits per heavy atom. The van der Waals surface area contributed by atoms with Gasteiger partial charge in [0.1, 0.15) is 12.4 Å². The molecule has 1 heterocycles. The van der Waals surface area contributed by atoms with Crippen LogP contribution in [0.15, 0.2) is 30.6 Å². The minimum absolute atomic E-state index is 0.264. The first-order chi connectivity index (χ1) is 8.69. The van der Waals surface area contributed by atoms with Crippen LogP contribution in [-0.2, 0) is 6.54 Å². The van der Waals surface area contributed by atoms with Gasteiger partial charge in [-0.05, 0) is 17.7 Å². The maximum atomic E-state index is 13.4. The van der Waals surface area contributed by atoms with Crippen molar-refractivity contribution in [2.24, 2.45) is 0 Å². The summed E-state index contributed by atoms with van der Waals surface area (Å²) in [5.41, 5.74) is 1.12. The molecule has 0 aliphatic heterocycles. The van der Waals surface area contributed by atoms with Crippen molar-refractivity contribution < 1.29 is 9.50 Å². The number of aliphatic hydroxyl groups is 1. The van der Waals surface area contributed by atoms with Crippen LogP contribution < -0.4 is 0 Å². The zero-order valence-corrected chi connectivity index (χ0v) is 10.2. The van der Waals surface area contributed by atoms with Crippen molar-refractivity contribution in [3.8, 4) is 11.8 Å². The Balaban J connectivity index is 2.24. The normalized spacial score (nSPS) is 9.94. The van der Waals surface area contributed by atoms with E-state index in [-0.39, 0.29) is 12.2 Å². The molecule has 0 bridgehead atoms. The van der Waals surface area contributed by atoms with Crippen molar-refractivity contribution in [1.29, 1.82) is 0 Å². The monoisotopic (exact) mass is 264 g/mol. The molecule has 0 unspecified atom stereocenters. The number of rotatable bonds is 2. The van der Waals surface area contributed by atoms with Crippen LogP contribution in [0.5, 0.6) is 0 Å². The zero-order valence-electron chi connectivity index (χ0n) is 9.40. The maximum Gasteiger partial charge on any atom is 0.138 e. The van der Waals surface area contributed by atoms with E-state index in [0.29, 0.717) is 11.6 Å². The first kappa shape index (κ1) is 12.6. The summed E-state index contributed by atoms with van der Waals surface area (Å²) >= 11 is 5.76. The van der Waals surface area contributed by atoms with Gasteiger partial charge in [0.2, 0.25) is 0 Å². The van der Waals surface area contributed by atoms with Gasteiger partial charge in [-0.15, -0.1) is 0 Å². The summed E-state index contributed by atoms with van der Waals surface area (Å²) in [6, 6.07) is 4.64. The molecular formula is C13H10ClFN2O. The molecule has 1 aromatic heterocycles. The van der Waals surface area contributed by atoms with E-state index in [1.165, 1.54) is 12.3 Å². The summed E-state index contributed by atoms with van der Waals surface area (Å²) in [4.78, 5) is 0. The Labute approximate surface area is 109 Å². The van der Waals surface area contributed by atoms with E-state index in [4.69, 9.17) is 16.7 Å². The second-order valence-electron chi connectivity index (χ2n) is 3.63. The molecule has 0 spiro atoms. The van der Waals surface area contributed by atoms with Crippen LogP contribution in [-0.4, -0.2) is 21.5 Å². The van der Waals surface area contributed by atoms with Crippen LogP contribution in [0.3, 0.4) is 0 Å². The van der Waals surface area contributed by atoms with Gasteiger partial charge in [0.15, 0.2) is 0 Å². The topological polar surface area (TPSA) is 38.0 Å². The van der Waals surface area contributed by atoms with Gasteiger partial charge in [-0.2, -0.15) is 5.10 Å². The highest BCUT2D eigenvalue weighted by molar-refractivity contribution is 6.30. The summed E-state index contributed by atoms with van der Waals surface area (Å²) in [6.07, 6.45) is 3.22. The standard InChI is InChI=1S/C13H10ClFN2O/c14-12-7-16-17(9-12)8-10-3-4-13(15)11(6-10)2-1-5-18/h3-4,6-7,9,18H,5,8H2. The highest BCUT2D eigenvalue weighted by atomic mass is 35.5. The first-order valence-electron chi connectivity index (χ1n) is 5.25. The fourth-order valence-electron chi connectivity index (χ4n) is 1.51.